The van der Waals surface area contributed by atoms with Gasteiger partial charge in [-0.1, -0.05) is 6.58 Å². The molecule has 5 heteroatoms. The molecule has 0 aliphatic heterocycles. The maximum Gasteiger partial charge on any atom is 0.333 e. The molecule has 0 aromatic heterocycles. The normalized spacial score (nSPS) is 10.3. The van der Waals surface area contributed by atoms with Crippen LogP contribution in [0.1, 0.15) is 13.3 Å². The molecule has 0 saturated heterocycles. The van der Waals surface area contributed by atoms with Gasteiger partial charge in [0.25, 0.3) is 0 Å². The number of carbonyl (C=O) groups excluding carboxylic acids is 1. The first-order valence-electron chi connectivity index (χ1n) is 4.50. The van der Waals surface area contributed by atoms with Crippen molar-refractivity contribution in [2.45, 2.75) is 19.4 Å². The van der Waals surface area contributed by atoms with Crippen LogP contribution in [0.25, 0.3) is 0 Å². The van der Waals surface area contributed by atoms with Crippen LogP contribution in [0.4, 0.5) is 0 Å². The van der Waals surface area contributed by atoms with Gasteiger partial charge in [0.1, 0.15) is 0 Å². The number of hydrogen-bond donors (Lipinski definition) is 0. The first kappa shape index (κ1) is 13.3. The molecule has 0 amide bonds. The molecule has 0 unspecified atom stereocenters. The van der Waals surface area contributed by atoms with E-state index in [0.717, 1.165) is 12.5 Å². The van der Waals surface area contributed by atoms with Crippen LogP contribution in [0.2, 0.25) is 6.04 Å². The molecular formula is C9H18O4Si. The van der Waals surface area contributed by atoms with Gasteiger partial charge in [0.05, 0.1) is 6.61 Å². The molecule has 0 aromatic rings. The second-order valence-electron chi connectivity index (χ2n) is 2.96. The van der Waals surface area contributed by atoms with Gasteiger partial charge in [-0.15, -0.1) is 0 Å². The van der Waals surface area contributed by atoms with Crippen molar-refractivity contribution in [3.05, 3.63) is 12.2 Å². The molecule has 82 valence electrons. The van der Waals surface area contributed by atoms with Crippen molar-refractivity contribution >= 4 is 15.3 Å². The SMILES string of the molecule is C=C(C)C(=O)OCCC[SiH](OC)OC. The summed E-state index contributed by atoms with van der Waals surface area (Å²) in [5.74, 6) is -0.335. The lowest BCUT2D eigenvalue weighted by atomic mass is 10.4. The number of hydrogen-bond acceptors (Lipinski definition) is 4. The van der Waals surface area contributed by atoms with E-state index in [1.54, 1.807) is 21.1 Å². The van der Waals surface area contributed by atoms with Crippen molar-refractivity contribution in [1.29, 1.82) is 0 Å². The van der Waals surface area contributed by atoms with Gasteiger partial charge in [-0.2, -0.15) is 0 Å². The summed E-state index contributed by atoms with van der Waals surface area (Å²) in [6, 6.07) is 0.844. The summed E-state index contributed by atoms with van der Waals surface area (Å²) < 4.78 is 15.1. The Balaban J connectivity index is 3.46. The van der Waals surface area contributed by atoms with E-state index in [0.29, 0.717) is 12.2 Å². The fourth-order valence-electron chi connectivity index (χ4n) is 0.870. The molecule has 0 aliphatic rings. The van der Waals surface area contributed by atoms with Crippen LogP contribution in [0.5, 0.6) is 0 Å². The highest BCUT2D eigenvalue weighted by Crippen LogP contribution is 2.01. The average Bonchev–Trinajstić information content (AvgIpc) is 2.17. The Morgan fingerprint density at radius 1 is 1.36 bits per heavy atom. The average molecular weight is 218 g/mol. The second kappa shape index (κ2) is 7.72. The smallest absolute Gasteiger partial charge is 0.333 e. The first-order valence-corrected chi connectivity index (χ1v) is 6.26. The predicted molar refractivity (Wildman–Crippen MR) is 56.4 cm³/mol. The van der Waals surface area contributed by atoms with Crippen molar-refractivity contribution in [3.63, 3.8) is 0 Å². The van der Waals surface area contributed by atoms with Gasteiger partial charge in [0.15, 0.2) is 0 Å². The number of carbonyl (C=O) groups is 1. The zero-order valence-corrected chi connectivity index (χ0v) is 10.2. The number of esters is 1. The summed E-state index contributed by atoms with van der Waals surface area (Å²) in [5.41, 5.74) is 0.428. The zero-order valence-electron chi connectivity index (χ0n) is 9.04. The molecule has 0 bridgehead atoms. The Kier molecular flexibility index (Phi) is 7.36. The van der Waals surface area contributed by atoms with Gasteiger partial charge in [0.2, 0.25) is 0 Å². The van der Waals surface area contributed by atoms with E-state index >= 15 is 0 Å². The molecule has 0 rings (SSSR count). The minimum atomic E-state index is -1.49. The lowest BCUT2D eigenvalue weighted by Gasteiger charge is -2.10. The molecule has 0 radical (unpaired) electrons. The summed E-state index contributed by atoms with van der Waals surface area (Å²) in [7, 11) is 1.78. The van der Waals surface area contributed by atoms with E-state index in [1.165, 1.54) is 0 Å². The third-order valence-corrected chi connectivity index (χ3v) is 3.62. The lowest BCUT2D eigenvalue weighted by molar-refractivity contribution is -0.138. The van der Waals surface area contributed by atoms with Crippen LogP contribution >= 0.6 is 0 Å². The summed E-state index contributed by atoms with van der Waals surface area (Å²) in [4.78, 5) is 11.0. The van der Waals surface area contributed by atoms with E-state index in [-0.39, 0.29) is 5.97 Å². The van der Waals surface area contributed by atoms with Crippen LogP contribution in [0.3, 0.4) is 0 Å². The van der Waals surface area contributed by atoms with Gasteiger partial charge in [-0.05, 0) is 19.4 Å². The number of ether oxygens (including phenoxy) is 1. The fraction of sp³-hybridized carbons (Fsp3) is 0.667. The van der Waals surface area contributed by atoms with E-state index in [1.807, 2.05) is 0 Å². The zero-order chi connectivity index (χ0) is 11.0. The second-order valence-corrected chi connectivity index (χ2v) is 5.34. The largest absolute Gasteiger partial charge is 0.462 e. The summed E-state index contributed by atoms with van der Waals surface area (Å²) in [6.07, 6.45) is 0.775. The highest BCUT2D eigenvalue weighted by atomic mass is 28.3. The quantitative estimate of drug-likeness (QED) is 0.277. The Bertz CT molecular complexity index is 189. The standard InChI is InChI=1S/C9H18O4Si/c1-8(2)9(10)13-6-5-7-14(11-3)12-4/h14H,1,5-7H2,2-4H3. The molecule has 0 N–H and O–H groups in total. The predicted octanol–water partition coefficient (Wildman–Crippen LogP) is 1.01. The Morgan fingerprint density at radius 2 is 1.93 bits per heavy atom. The summed E-state index contributed by atoms with van der Waals surface area (Å²) in [5, 5.41) is 0. The topological polar surface area (TPSA) is 44.8 Å². The highest BCUT2D eigenvalue weighted by Gasteiger charge is 2.09. The highest BCUT2D eigenvalue weighted by molar-refractivity contribution is 6.44. The molecule has 4 nitrogen and oxygen atoms in total. The third kappa shape index (κ3) is 5.90. The van der Waals surface area contributed by atoms with Crippen LogP contribution in [0.15, 0.2) is 12.2 Å². The van der Waals surface area contributed by atoms with Crippen molar-refractivity contribution in [2.24, 2.45) is 0 Å². The Labute approximate surface area is 86.7 Å². The van der Waals surface area contributed by atoms with E-state index in [4.69, 9.17) is 13.6 Å². The van der Waals surface area contributed by atoms with Crippen LogP contribution in [-0.4, -0.2) is 36.1 Å². The maximum absolute atomic E-state index is 11.0. The minimum absolute atomic E-state index is 0.335. The molecule has 14 heavy (non-hydrogen) atoms. The van der Waals surface area contributed by atoms with Gasteiger partial charge in [0, 0.05) is 19.8 Å². The van der Waals surface area contributed by atoms with Crippen molar-refractivity contribution in [3.8, 4) is 0 Å². The molecule has 0 spiro atoms. The Hall–Kier alpha value is -0.653. The Morgan fingerprint density at radius 3 is 2.36 bits per heavy atom. The van der Waals surface area contributed by atoms with Crippen LogP contribution in [-0.2, 0) is 18.4 Å². The lowest BCUT2D eigenvalue weighted by Crippen LogP contribution is -2.19. The molecule has 0 aromatic carbocycles. The summed E-state index contributed by atoms with van der Waals surface area (Å²) in [6.45, 7) is 5.52. The fourth-order valence-corrected chi connectivity index (χ4v) is 2.03. The monoisotopic (exact) mass is 218 g/mol. The molecule has 0 heterocycles. The first-order chi connectivity index (χ1) is 6.61. The van der Waals surface area contributed by atoms with Gasteiger partial charge in [-0.3, -0.25) is 0 Å². The molecular weight excluding hydrogens is 200 g/mol. The van der Waals surface area contributed by atoms with Gasteiger partial charge in [-0.25, -0.2) is 4.79 Å². The van der Waals surface area contributed by atoms with Crippen molar-refractivity contribution in [1.82, 2.24) is 0 Å². The molecule has 0 fully saturated rings. The number of rotatable bonds is 7. The van der Waals surface area contributed by atoms with Gasteiger partial charge < -0.3 is 13.6 Å². The molecule has 0 aliphatic carbocycles. The van der Waals surface area contributed by atoms with Crippen LogP contribution < -0.4 is 0 Å². The third-order valence-electron chi connectivity index (χ3n) is 1.69. The van der Waals surface area contributed by atoms with Gasteiger partial charge >= 0.3 is 15.3 Å². The van der Waals surface area contributed by atoms with E-state index in [2.05, 4.69) is 6.58 Å². The molecule has 0 atom stereocenters. The minimum Gasteiger partial charge on any atom is -0.462 e. The van der Waals surface area contributed by atoms with E-state index < -0.39 is 9.28 Å². The van der Waals surface area contributed by atoms with Crippen molar-refractivity contribution < 1.29 is 18.4 Å². The van der Waals surface area contributed by atoms with Crippen LogP contribution in [0, 0.1) is 0 Å². The maximum atomic E-state index is 11.0. The summed E-state index contributed by atoms with van der Waals surface area (Å²) >= 11 is 0. The molecule has 0 saturated carbocycles. The van der Waals surface area contributed by atoms with Crippen molar-refractivity contribution in [2.75, 3.05) is 20.8 Å². The van der Waals surface area contributed by atoms with E-state index in [9.17, 15) is 4.79 Å².